The first-order valence-corrected chi connectivity index (χ1v) is 11.6. The lowest BCUT2D eigenvalue weighted by Gasteiger charge is -2.27. The SMILES string of the molecule is CCOC(=O)c1c(N=Cc2ccc(Br)cc2)sc2c1CCN(Cc1ccccc1)C2. The summed E-state index contributed by atoms with van der Waals surface area (Å²) in [7, 11) is 0. The number of fused-ring (bicyclic) bond motifs is 1. The lowest BCUT2D eigenvalue weighted by atomic mass is 10.0. The van der Waals surface area contributed by atoms with Crippen molar-refractivity contribution >= 4 is 44.5 Å². The van der Waals surface area contributed by atoms with Crippen LogP contribution in [-0.2, 0) is 24.2 Å². The molecule has 6 heteroatoms. The molecular weight excluding hydrogens is 460 g/mol. The molecule has 3 aromatic rings. The van der Waals surface area contributed by atoms with E-state index in [2.05, 4.69) is 50.1 Å². The quantitative estimate of drug-likeness (QED) is 0.319. The van der Waals surface area contributed by atoms with Gasteiger partial charge in [-0.3, -0.25) is 4.90 Å². The molecular formula is C24H23BrN2O2S. The van der Waals surface area contributed by atoms with Crippen LogP contribution in [0.25, 0.3) is 0 Å². The second kappa shape index (κ2) is 9.69. The first-order valence-electron chi connectivity index (χ1n) is 10.0. The normalized spacial score (nSPS) is 14.1. The van der Waals surface area contributed by atoms with Crippen molar-refractivity contribution in [1.29, 1.82) is 0 Å². The van der Waals surface area contributed by atoms with Crippen LogP contribution in [0.4, 0.5) is 5.00 Å². The molecule has 0 amide bonds. The van der Waals surface area contributed by atoms with Gasteiger partial charge in [0.2, 0.25) is 0 Å². The van der Waals surface area contributed by atoms with Gasteiger partial charge in [-0.05, 0) is 42.2 Å². The van der Waals surface area contributed by atoms with Gasteiger partial charge >= 0.3 is 5.97 Å². The summed E-state index contributed by atoms with van der Waals surface area (Å²) in [6.45, 7) is 4.85. The van der Waals surface area contributed by atoms with Crippen LogP contribution in [0.2, 0.25) is 0 Å². The molecule has 0 saturated carbocycles. The van der Waals surface area contributed by atoms with Crippen molar-refractivity contribution in [3.63, 3.8) is 0 Å². The second-order valence-corrected chi connectivity index (χ2v) is 9.16. The summed E-state index contributed by atoms with van der Waals surface area (Å²) < 4.78 is 6.38. The first kappa shape index (κ1) is 21.0. The maximum Gasteiger partial charge on any atom is 0.341 e. The maximum absolute atomic E-state index is 12.7. The number of aliphatic imine (C=N–C) groups is 1. The first-order chi connectivity index (χ1) is 14.6. The van der Waals surface area contributed by atoms with Gasteiger partial charge in [0.25, 0.3) is 0 Å². The van der Waals surface area contributed by atoms with Crippen molar-refractivity contribution in [1.82, 2.24) is 4.90 Å². The molecule has 0 radical (unpaired) electrons. The number of ether oxygens (including phenoxy) is 1. The number of hydrogen-bond donors (Lipinski definition) is 0. The van der Waals surface area contributed by atoms with E-state index in [4.69, 9.17) is 4.74 Å². The summed E-state index contributed by atoms with van der Waals surface area (Å²) in [4.78, 5) is 21.0. The van der Waals surface area contributed by atoms with Crippen molar-refractivity contribution < 1.29 is 9.53 Å². The molecule has 0 N–H and O–H groups in total. The van der Waals surface area contributed by atoms with Crippen molar-refractivity contribution in [2.24, 2.45) is 4.99 Å². The van der Waals surface area contributed by atoms with E-state index in [-0.39, 0.29) is 5.97 Å². The number of benzene rings is 2. The van der Waals surface area contributed by atoms with Gasteiger partial charge < -0.3 is 4.74 Å². The summed E-state index contributed by atoms with van der Waals surface area (Å²) in [5, 5.41) is 0.739. The van der Waals surface area contributed by atoms with Crippen LogP contribution in [0.5, 0.6) is 0 Å². The third-order valence-corrected chi connectivity index (χ3v) is 6.70. The highest BCUT2D eigenvalue weighted by atomic mass is 79.9. The van der Waals surface area contributed by atoms with Crippen LogP contribution in [-0.4, -0.2) is 30.2 Å². The molecule has 1 aliphatic heterocycles. The minimum absolute atomic E-state index is 0.269. The second-order valence-electron chi connectivity index (χ2n) is 7.16. The Morgan fingerprint density at radius 1 is 1.20 bits per heavy atom. The van der Waals surface area contributed by atoms with Gasteiger partial charge in [-0.1, -0.05) is 58.4 Å². The Morgan fingerprint density at radius 3 is 2.70 bits per heavy atom. The minimum atomic E-state index is -0.269. The standard InChI is InChI=1S/C24H23BrN2O2S/c1-2-29-24(28)22-20-12-13-27(15-18-6-4-3-5-7-18)16-21(20)30-23(22)26-14-17-8-10-19(25)11-9-17/h3-11,14H,2,12-13,15-16H2,1H3. The van der Waals surface area contributed by atoms with Gasteiger partial charge in [-0.25, -0.2) is 9.79 Å². The molecule has 4 nitrogen and oxygen atoms in total. The number of carbonyl (C=O) groups excluding carboxylic acids is 1. The number of halogens is 1. The molecule has 0 spiro atoms. The molecule has 0 fully saturated rings. The van der Waals surface area contributed by atoms with E-state index in [1.807, 2.05) is 43.5 Å². The van der Waals surface area contributed by atoms with Gasteiger partial charge in [0, 0.05) is 35.2 Å². The van der Waals surface area contributed by atoms with Gasteiger partial charge in [-0.2, -0.15) is 0 Å². The summed E-state index contributed by atoms with van der Waals surface area (Å²) in [5.41, 5.74) is 4.04. The van der Waals surface area contributed by atoms with Crippen LogP contribution in [0.1, 0.15) is 38.8 Å². The Balaban J connectivity index is 1.60. The van der Waals surface area contributed by atoms with E-state index in [0.717, 1.165) is 46.7 Å². The molecule has 1 aromatic heterocycles. The smallest absolute Gasteiger partial charge is 0.341 e. The largest absolute Gasteiger partial charge is 0.462 e. The van der Waals surface area contributed by atoms with E-state index in [9.17, 15) is 4.79 Å². The highest BCUT2D eigenvalue weighted by molar-refractivity contribution is 9.10. The molecule has 2 heterocycles. The summed E-state index contributed by atoms with van der Waals surface area (Å²) in [6, 6.07) is 18.4. The van der Waals surface area contributed by atoms with E-state index >= 15 is 0 Å². The van der Waals surface area contributed by atoms with Crippen LogP contribution < -0.4 is 0 Å². The minimum Gasteiger partial charge on any atom is -0.462 e. The zero-order chi connectivity index (χ0) is 20.9. The Morgan fingerprint density at radius 2 is 1.97 bits per heavy atom. The Bertz CT molecular complexity index is 1050. The fourth-order valence-corrected chi connectivity index (χ4v) is 5.09. The van der Waals surface area contributed by atoms with Gasteiger partial charge in [0.05, 0.1) is 12.2 Å². The number of nitrogens with zero attached hydrogens (tertiary/aromatic N) is 2. The van der Waals surface area contributed by atoms with Crippen LogP contribution in [0.15, 0.2) is 64.1 Å². The predicted octanol–water partition coefficient (Wildman–Crippen LogP) is 6.00. The Kier molecular flexibility index (Phi) is 6.77. The monoisotopic (exact) mass is 482 g/mol. The van der Waals surface area contributed by atoms with E-state index in [0.29, 0.717) is 12.2 Å². The fourth-order valence-electron chi connectivity index (χ4n) is 3.61. The third kappa shape index (κ3) is 4.89. The molecule has 4 rings (SSSR count). The summed E-state index contributed by atoms with van der Waals surface area (Å²) >= 11 is 5.05. The van der Waals surface area contributed by atoms with E-state index < -0.39 is 0 Å². The third-order valence-electron chi connectivity index (χ3n) is 5.05. The maximum atomic E-state index is 12.7. The van der Waals surface area contributed by atoms with Crippen LogP contribution >= 0.6 is 27.3 Å². The summed E-state index contributed by atoms with van der Waals surface area (Å²) in [5.74, 6) is -0.269. The zero-order valence-corrected chi connectivity index (χ0v) is 19.2. The molecule has 0 atom stereocenters. The van der Waals surface area contributed by atoms with Crippen molar-refractivity contribution in [2.45, 2.75) is 26.4 Å². The molecule has 0 unspecified atom stereocenters. The lowest BCUT2D eigenvalue weighted by molar-refractivity contribution is 0.0526. The topological polar surface area (TPSA) is 41.9 Å². The molecule has 1 aliphatic rings. The Labute approximate surface area is 189 Å². The van der Waals surface area contributed by atoms with Crippen LogP contribution in [0.3, 0.4) is 0 Å². The predicted molar refractivity (Wildman–Crippen MR) is 126 cm³/mol. The number of carbonyl (C=O) groups is 1. The number of thiophene rings is 1. The van der Waals surface area contributed by atoms with E-state index in [1.165, 1.54) is 10.4 Å². The lowest BCUT2D eigenvalue weighted by Crippen LogP contribution is -2.29. The molecule has 0 saturated heterocycles. The molecule has 30 heavy (non-hydrogen) atoms. The zero-order valence-electron chi connectivity index (χ0n) is 16.8. The molecule has 0 aliphatic carbocycles. The van der Waals surface area contributed by atoms with Crippen LogP contribution in [0, 0.1) is 0 Å². The average Bonchev–Trinajstić information content (AvgIpc) is 3.12. The number of hydrogen-bond acceptors (Lipinski definition) is 5. The fraction of sp³-hybridized carbons (Fsp3) is 0.250. The molecule has 154 valence electrons. The number of esters is 1. The van der Waals surface area contributed by atoms with Gasteiger partial charge in [0.15, 0.2) is 0 Å². The van der Waals surface area contributed by atoms with Gasteiger partial charge in [0.1, 0.15) is 5.00 Å². The van der Waals surface area contributed by atoms with E-state index in [1.54, 1.807) is 11.3 Å². The number of rotatable bonds is 6. The highest BCUT2D eigenvalue weighted by Crippen LogP contribution is 2.39. The van der Waals surface area contributed by atoms with Gasteiger partial charge in [-0.15, -0.1) is 11.3 Å². The average molecular weight is 483 g/mol. The van der Waals surface area contributed by atoms with Crippen molar-refractivity contribution in [3.05, 3.63) is 86.2 Å². The summed E-state index contributed by atoms with van der Waals surface area (Å²) in [6.07, 6.45) is 2.65. The molecule has 2 aromatic carbocycles. The Hall–Kier alpha value is -2.28. The highest BCUT2D eigenvalue weighted by Gasteiger charge is 2.28. The molecule has 0 bridgehead atoms. The van der Waals surface area contributed by atoms with Crippen molar-refractivity contribution in [3.8, 4) is 0 Å². The van der Waals surface area contributed by atoms with Crippen molar-refractivity contribution in [2.75, 3.05) is 13.2 Å².